The molecule has 0 unspecified atom stereocenters. The number of para-hydroxylation sites is 1. The van der Waals surface area contributed by atoms with Crippen molar-refractivity contribution in [2.24, 2.45) is 0 Å². The summed E-state index contributed by atoms with van der Waals surface area (Å²) in [7, 11) is 1.65. The highest BCUT2D eigenvalue weighted by atomic mass is 16.5. The molecule has 1 amide bonds. The maximum Gasteiger partial charge on any atom is 0.224 e. The molecule has 0 aliphatic carbocycles. The Hall–Kier alpha value is -1.85. The predicted octanol–water partition coefficient (Wildman–Crippen LogP) is 3.24. The van der Waals surface area contributed by atoms with Crippen molar-refractivity contribution in [1.82, 2.24) is 9.88 Å². The van der Waals surface area contributed by atoms with Gasteiger partial charge >= 0.3 is 0 Å². The van der Waals surface area contributed by atoms with Crippen LogP contribution >= 0.6 is 0 Å². The van der Waals surface area contributed by atoms with Gasteiger partial charge in [-0.2, -0.15) is 0 Å². The van der Waals surface area contributed by atoms with Gasteiger partial charge in [-0.3, -0.25) is 4.79 Å². The van der Waals surface area contributed by atoms with E-state index in [0.717, 1.165) is 25.9 Å². The smallest absolute Gasteiger partial charge is 0.224 e. The molecule has 0 radical (unpaired) electrons. The van der Waals surface area contributed by atoms with Gasteiger partial charge in [0.25, 0.3) is 0 Å². The number of benzene rings is 1. The van der Waals surface area contributed by atoms with Crippen molar-refractivity contribution in [2.75, 3.05) is 40.0 Å². The molecule has 2 aromatic rings. The fourth-order valence-electron chi connectivity index (χ4n) is 3.80. The lowest BCUT2D eigenvalue weighted by molar-refractivity contribution is -0.133. The van der Waals surface area contributed by atoms with Gasteiger partial charge in [0.15, 0.2) is 0 Å². The minimum absolute atomic E-state index is 0.200. The van der Waals surface area contributed by atoms with Gasteiger partial charge in [0.05, 0.1) is 26.2 Å². The van der Waals surface area contributed by atoms with Gasteiger partial charge in [-0.05, 0) is 37.3 Å². The van der Waals surface area contributed by atoms with Crippen LogP contribution in [0.1, 0.15) is 36.4 Å². The number of aryl methyl sites for hydroxylation is 1. The largest absolute Gasteiger partial charge is 0.382 e. The Balaban J connectivity index is 1.53. The van der Waals surface area contributed by atoms with Crippen LogP contribution in [-0.4, -0.2) is 55.8 Å². The predicted molar refractivity (Wildman–Crippen MR) is 98.9 cm³/mol. The zero-order valence-corrected chi connectivity index (χ0v) is 15.2. The van der Waals surface area contributed by atoms with Gasteiger partial charge in [0, 0.05) is 36.8 Å². The topological polar surface area (TPSA) is 54.6 Å². The van der Waals surface area contributed by atoms with Crippen LogP contribution in [0.5, 0.6) is 0 Å². The van der Waals surface area contributed by atoms with E-state index >= 15 is 0 Å². The summed E-state index contributed by atoms with van der Waals surface area (Å²) in [6, 6.07) is 8.50. The summed E-state index contributed by atoms with van der Waals surface area (Å²) >= 11 is 0. The number of nitrogens with one attached hydrogen (secondary N) is 1. The van der Waals surface area contributed by atoms with Gasteiger partial charge < -0.3 is 19.4 Å². The molecular weight excluding hydrogens is 316 g/mol. The molecule has 0 spiro atoms. The number of aromatic amines is 1. The second-order valence-corrected chi connectivity index (χ2v) is 6.72. The molecule has 2 heterocycles. The zero-order chi connectivity index (χ0) is 17.6. The van der Waals surface area contributed by atoms with Crippen LogP contribution in [0.2, 0.25) is 0 Å². The number of ether oxygens (including phenoxy) is 2. The lowest BCUT2D eigenvalue weighted by atomic mass is 9.87. The number of methoxy groups -OCH3 is 1. The highest BCUT2D eigenvalue weighted by molar-refractivity contribution is 5.85. The molecule has 3 rings (SSSR count). The first-order valence-corrected chi connectivity index (χ1v) is 9.12. The summed E-state index contributed by atoms with van der Waals surface area (Å²) in [6.07, 6.45) is 2.51. The first-order valence-electron chi connectivity index (χ1n) is 9.12. The monoisotopic (exact) mass is 344 g/mol. The average Bonchev–Trinajstić information content (AvgIpc) is 2.97. The van der Waals surface area contributed by atoms with Crippen LogP contribution in [0.15, 0.2) is 24.3 Å². The first kappa shape index (κ1) is 18.0. The molecule has 1 fully saturated rings. The van der Waals surface area contributed by atoms with Crippen LogP contribution in [-0.2, 0) is 14.3 Å². The molecule has 25 heavy (non-hydrogen) atoms. The Kier molecular flexibility index (Phi) is 6.10. The van der Waals surface area contributed by atoms with E-state index in [0.29, 0.717) is 32.2 Å². The standard InChI is InChI=1S/C20H28N2O3/c1-15-20(17-5-3-4-6-18(17)21-15)16-7-10-22(11-8-16)19(23)9-12-25-14-13-24-2/h3-6,16,21H,7-14H2,1-2H3. The van der Waals surface area contributed by atoms with E-state index in [1.54, 1.807) is 7.11 Å². The van der Waals surface area contributed by atoms with Crippen molar-refractivity contribution in [3.63, 3.8) is 0 Å². The van der Waals surface area contributed by atoms with E-state index in [4.69, 9.17) is 9.47 Å². The Morgan fingerprint density at radius 3 is 2.72 bits per heavy atom. The van der Waals surface area contributed by atoms with Crippen LogP contribution in [0.25, 0.3) is 10.9 Å². The maximum absolute atomic E-state index is 12.3. The number of rotatable bonds is 7. The molecule has 5 nitrogen and oxygen atoms in total. The van der Waals surface area contributed by atoms with Crippen molar-refractivity contribution in [3.05, 3.63) is 35.5 Å². The van der Waals surface area contributed by atoms with E-state index in [1.165, 1.54) is 22.2 Å². The number of hydrogen-bond acceptors (Lipinski definition) is 3. The van der Waals surface area contributed by atoms with Crippen LogP contribution in [0.4, 0.5) is 0 Å². The Morgan fingerprint density at radius 2 is 1.96 bits per heavy atom. The third-order valence-corrected chi connectivity index (χ3v) is 5.09. The molecule has 1 aliphatic rings. The quantitative estimate of drug-likeness (QED) is 0.785. The summed E-state index contributed by atoms with van der Waals surface area (Å²) in [5.41, 5.74) is 3.91. The summed E-state index contributed by atoms with van der Waals surface area (Å²) < 4.78 is 10.3. The molecule has 136 valence electrons. The number of amides is 1. The number of hydrogen-bond donors (Lipinski definition) is 1. The third kappa shape index (κ3) is 4.22. The molecule has 1 saturated heterocycles. The molecule has 1 N–H and O–H groups in total. The Labute approximate surface area is 149 Å². The molecule has 1 aromatic heterocycles. The highest BCUT2D eigenvalue weighted by Gasteiger charge is 2.26. The van der Waals surface area contributed by atoms with Gasteiger partial charge in [0.1, 0.15) is 0 Å². The van der Waals surface area contributed by atoms with Crippen molar-refractivity contribution in [2.45, 2.75) is 32.1 Å². The summed E-state index contributed by atoms with van der Waals surface area (Å²) in [6.45, 7) is 5.42. The number of carbonyl (C=O) groups is 1. The fraction of sp³-hybridized carbons (Fsp3) is 0.550. The van der Waals surface area contributed by atoms with Gasteiger partial charge in [-0.25, -0.2) is 0 Å². The highest BCUT2D eigenvalue weighted by Crippen LogP contribution is 2.35. The maximum atomic E-state index is 12.3. The Bertz CT molecular complexity index is 702. The molecule has 0 bridgehead atoms. The van der Waals surface area contributed by atoms with Gasteiger partial charge in [-0.15, -0.1) is 0 Å². The Morgan fingerprint density at radius 1 is 1.20 bits per heavy atom. The minimum atomic E-state index is 0.200. The summed E-state index contributed by atoms with van der Waals surface area (Å²) in [5, 5.41) is 1.33. The number of carbonyl (C=O) groups excluding carboxylic acids is 1. The van der Waals surface area contributed by atoms with E-state index in [1.807, 2.05) is 4.90 Å². The van der Waals surface area contributed by atoms with E-state index in [2.05, 4.69) is 36.2 Å². The zero-order valence-electron chi connectivity index (χ0n) is 15.2. The number of piperidine rings is 1. The van der Waals surface area contributed by atoms with Crippen molar-refractivity contribution < 1.29 is 14.3 Å². The van der Waals surface area contributed by atoms with Crippen molar-refractivity contribution in [1.29, 1.82) is 0 Å². The molecule has 5 heteroatoms. The number of nitrogens with zero attached hydrogens (tertiary/aromatic N) is 1. The van der Waals surface area contributed by atoms with Crippen molar-refractivity contribution in [3.8, 4) is 0 Å². The van der Waals surface area contributed by atoms with Crippen molar-refractivity contribution >= 4 is 16.8 Å². The fourth-order valence-corrected chi connectivity index (χ4v) is 3.80. The van der Waals surface area contributed by atoms with Gasteiger partial charge in [0.2, 0.25) is 5.91 Å². The number of likely N-dealkylation sites (tertiary alicyclic amines) is 1. The lowest BCUT2D eigenvalue weighted by Crippen LogP contribution is -2.38. The van der Waals surface area contributed by atoms with E-state index < -0.39 is 0 Å². The average molecular weight is 344 g/mol. The third-order valence-electron chi connectivity index (χ3n) is 5.09. The number of fused-ring (bicyclic) bond motifs is 1. The van der Waals surface area contributed by atoms with Crippen LogP contribution in [0, 0.1) is 6.92 Å². The van der Waals surface area contributed by atoms with Crippen LogP contribution in [0.3, 0.4) is 0 Å². The minimum Gasteiger partial charge on any atom is -0.382 e. The molecule has 1 aliphatic heterocycles. The second kappa shape index (κ2) is 8.50. The number of aromatic nitrogens is 1. The molecule has 0 saturated carbocycles. The first-order chi connectivity index (χ1) is 12.2. The lowest BCUT2D eigenvalue weighted by Gasteiger charge is -2.32. The number of H-pyrrole nitrogens is 1. The summed E-state index contributed by atoms with van der Waals surface area (Å²) in [5.74, 6) is 0.727. The molecular formula is C20H28N2O3. The van der Waals surface area contributed by atoms with Gasteiger partial charge in [-0.1, -0.05) is 18.2 Å². The summed E-state index contributed by atoms with van der Waals surface area (Å²) in [4.78, 5) is 17.8. The molecule has 1 aromatic carbocycles. The normalized spacial score (nSPS) is 15.8. The molecule has 0 atom stereocenters. The van der Waals surface area contributed by atoms with E-state index in [9.17, 15) is 4.79 Å². The van der Waals surface area contributed by atoms with E-state index in [-0.39, 0.29) is 5.91 Å². The second-order valence-electron chi connectivity index (χ2n) is 6.72. The SMILES string of the molecule is COCCOCCC(=O)N1CCC(c2c(C)[nH]c3ccccc23)CC1. The van der Waals surface area contributed by atoms with Crippen LogP contribution < -0.4 is 0 Å².